The van der Waals surface area contributed by atoms with Crippen LogP contribution in [-0.2, 0) is 4.79 Å². The van der Waals surface area contributed by atoms with Gasteiger partial charge in [0.1, 0.15) is 5.69 Å². The smallest absolute Gasteiger partial charge is 0.378 e. The van der Waals surface area contributed by atoms with Crippen LogP contribution in [0.2, 0.25) is 0 Å². The number of carboxylic acid groups (broad SMARTS) is 1. The van der Waals surface area contributed by atoms with Crippen LogP contribution in [0.3, 0.4) is 0 Å². The number of aromatic nitrogens is 2. The number of aliphatic carboxylic acids is 1. The Morgan fingerprint density at radius 2 is 2.14 bits per heavy atom. The number of halogens is 1. The molecule has 0 saturated heterocycles. The lowest BCUT2D eigenvalue weighted by Gasteiger charge is -2.08. The number of carboxylic acids is 1. The summed E-state index contributed by atoms with van der Waals surface area (Å²) < 4.78 is 1.78. The zero-order valence-electron chi connectivity index (χ0n) is 7.69. The first kappa shape index (κ1) is 10.9. The van der Waals surface area contributed by atoms with E-state index in [1.807, 2.05) is 13.8 Å². The lowest BCUT2D eigenvalue weighted by molar-refractivity contribution is -0.131. The standard InChI is InChI=1S/C8H9BrN2O3/c1-4(2)11-6(5(9)3-10-11)7(12)8(13)14/h3-4H,1-2H3,(H,13,14). The minimum atomic E-state index is -1.48. The molecule has 0 bridgehead atoms. The van der Waals surface area contributed by atoms with E-state index in [1.165, 1.54) is 10.9 Å². The second-order valence-electron chi connectivity index (χ2n) is 3.01. The van der Waals surface area contributed by atoms with Gasteiger partial charge in [0, 0.05) is 6.04 Å². The van der Waals surface area contributed by atoms with Gasteiger partial charge in [0.05, 0.1) is 10.7 Å². The van der Waals surface area contributed by atoms with Crippen LogP contribution in [0.15, 0.2) is 10.7 Å². The number of carbonyl (C=O) groups is 2. The molecule has 0 aliphatic carbocycles. The summed E-state index contributed by atoms with van der Waals surface area (Å²) in [5.74, 6) is -2.43. The average molecular weight is 261 g/mol. The molecule has 1 aromatic rings. The summed E-state index contributed by atoms with van der Waals surface area (Å²) in [6.07, 6.45) is 1.41. The van der Waals surface area contributed by atoms with Crippen molar-refractivity contribution in [3.05, 3.63) is 16.4 Å². The molecule has 14 heavy (non-hydrogen) atoms. The van der Waals surface area contributed by atoms with Gasteiger partial charge in [0.2, 0.25) is 0 Å². The van der Waals surface area contributed by atoms with Gasteiger partial charge in [0.25, 0.3) is 5.78 Å². The van der Waals surface area contributed by atoms with Gasteiger partial charge in [-0.15, -0.1) is 0 Å². The molecular formula is C8H9BrN2O3. The molecule has 0 radical (unpaired) electrons. The third-order valence-corrected chi connectivity index (χ3v) is 2.23. The number of carbonyl (C=O) groups excluding carboxylic acids is 1. The maximum Gasteiger partial charge on any atom is 0.378 e. The van der Waals surface area contributed by atoms with E-state index in [9.17, 15) is 9.59 Å². The molecule has 1 aromatic heterocycles. The Labute approximate surface area is 88.8 Å². The van der Waals surface area contributed by atoms with Crippen LogP contribution in [0.1, 0.15) is 30.4 Å². The van der Waals surface area contributed by atoms with E-state index in [2.05, 4.69) is 21.0 Å². The first-order valence-corrected chi connectivity index (χ1v) is 4.75. The van der Waals surface area contributed by atoms with Crippen LogP contribution in [-0.4, -0.2) is 26.6 Å². The third kappa shape index (κ3) is 1.84. The van der Waals surface area contributed by atoms with E-state index >= 15 is 0 Å². The largest absolute Gasteiger partial charge is 0.475 e. The van der Waals surface area contributed by atoms with Crippen molar-refractivity contribution in [2.45, 2.75) is 19.9 Å². The highest BCUT2D eigenvalue weighted by atomic mass is 79.9. The quantitative estimate of drug-likeness (QED) is 0.661. The fraction of sp³-hybridized carbons (Fsp3) is 0.375. The predicted molar refractivity (Wildman–Crippen MR) is 52.3 cm³/mol. The van der Waals surface area contributed by atoms with Crippen molar-refractivity contribution in [3.63, 3.8) is 0 Å². The summed E-state index contributed by atoms with van der Waals surface area (Å²) in [4.78, 5) is 21.8. The normalized spacial score (nSPS) is 10.6. The van der Waals surface area contributed by atoms with Gasteiger partial charge in [0.15, 0.2) is 0 Å². The molecular weight excluding hydrogens is 252 g/mol. The summed E-state index contributed by atoms with van der Waals surface area (Å²) in [6, 6.07) is -0.0559. The maximum absolute atomic E-state index is 11.3. The summed E-state index contributed by atoms with van der Waals surface area (Å²) >= 11 is 3.09. The Morgan fingerprint density at radius 3 is 2.57 bits per heavy atom. The van der Waals surface area contributed by atoms with Gasteiger partial charge in [-0.2, -0.15) is 5.10 Å². The Hall–Kier alpha value is -1.17. The Balaban J connectivity index is 3.24. The maximum atomic E-state index is 11.3. The zero-order chi connectivity index (χ0) is 10.9. The highest BCUT2D eigenvalue weighted by Gasteiger charge is 2.24. The average Bonchev–Trinajstić information content (AvgIpc) is 2.45. The van der Waals surface area contributed by atoms with E-state index < -0.39 is 11.8 Å². The van der Waals surface area contributed by atoms with Crippen molar-refractivity contribution in [1.29, 1.82) is 0 Å². The molecule has 0 aliphatic rings. The SMILES string of the molecule is CC(C)n1ncc(Br)c1C(=O)C(=O)O. The number of hydrogen-bond acceptors (Lipinski definition) is 3. The zero-order valence-corrected chi connectivity index (χ0v) is 9.28. The number of Topliss-reactive ketones (excluding diaryl/α,β-unsaturated/α-hetero) is 1. The number of nitrogens with zero attached hydrogens (tertiary/aromatic N) is 2. The second kappa shape index (κ2) is 3.91. The second-order valence-corrected chi connectivity index (χ2v) is 3.87. The van der Waals surface area contributed by atoms with Gasteiger partial charge in [-0.1, -0.05) is 0 Å². The lowest BCUT2D eigenvalue weighted by Crippen LogP contribution is -2.19. The van der Waals surface area contributed by atoms with E-state index in [-0.39, 0.29) is 11.7 Å². The molecule has 5 nitrogen and oxygen atoms in total. The van der Waals surface area contributed by atoms with Crippen LogP contribution in [0.5, 0.6) is 0 Å². The predicted octanol–water partition coefficient (Wildman–Crippen LogP) is 1.49. The molecule has 1 rings (SSSR count). The lowest BCUT2D eigenvalue weighted by atomic mass is 10.2. The molecule has 0 amide bonds. The number of ketones is 1. The topological polar surface area (TPSA) is 72.2 Å². The van der Waals surface area contributed by atoms with Gasteiger partial charge in [-0.3, -0.25) is 9.48 Å². The summed E-state index contributed by atoms with van der Waals surface area (Å²) in [5.41, 5.74) is 0.0764. The summed E-state index contributed by atoms with van der Waals surface area (Å²) in [5, 5.41) is 12.5. The summed E-state index contributed by atoms with van der Waals surface area (Å²) in [7, 11) is 0. The molecule has 0 atom stereocenters. The Bertz CT molecular complexity index is 384. The van der Waals surface area contributed by atoms with E-state index in [4.69, 9.17) is 5.11 Å². The molecule has 0 aliphatic heterocycles. The monoisotopic (exact) mass is 260 g/mol. The van der Waals surface area contributed by atoms with Crippen LogP contribution < -0.4 is 0 Å². The first-order chi connectivity index (χ1) is 6.45. The van der Waals surface area contributed by atoms with Crippen molar-refractivity contribution in [2.75, 3.05) is 0 Å². The highest BCUT2D eigenvalue weighted by Crippen LogP contribution is 2.19. The fourth-order valence-electron chi connectivity index (χ4n) is 1.05. The van der Waals surface area contributed by atoms with Crippen molar-refractivity contribution >= 4 is 27.7 Å². The Morgan fingerprint density at radius 1 is 1.57 bits per heavy atom. The van der Waals surface area contributed by atoms with Gasteiger partial charge in [-0.05, 0) is 29.8 Å². The minimum Gasteiger partial charge on any atom is -0.475 e. The van der Waals surface area contributed by atoms with E-state index in [0.717, 1.165) is 0 Å². The van der Waals surface area contributed by atoms with Crippen LogP contribution in [0, 0.1) is 0 Å². The molecule has 76 valence electrons. The summed E-state index contributed by atoms with van der Waals surface area (Å²) in [6.45, 7) is 3.64. The molecule has 0 spiro atoms. The van der Waals surface area contributed by atoms with Crippen molar-refractivity contribution in [1.82, 2.24) is 9.78 Å². The first-order valence-electron chi connectivity index (χ1n) is 3.95. The minimum absolute atomic E-state index is 0.0559. The fourth-order valence-corrected chi connectivity index (χ4v) is 1.50. The van der Waals surface area contributed by atoms with E-state index in [1.54, 1.807) is 0 Å². The molecule has 0 aromatic carbocycles. The molecule has 1 heterocycles. The van der Waals surface area contributed by atoms with Gasteiger partial charge in [-0.25, -0.2) is 4.79 Å². The molecule has 1 N–H and O–H groups in total. The third-order valence-electron chi connectivity index (χ3n) is 1.65. The highest BCUT2D eigenvalue weighted by molar-refractivity contribution is 9.10. The van der Waals surface area contributed by atoms with Crippen LogP contribution in [0.4, 0.5) is 0 Å². The van der Waals surface area contributed by atoms with E-state index in [0.29, 0.717) is 4.47 Å². The molecule has 0 unspecified atom stereocenters. The van der Waals surface area contributed by atoms with Crippen molar-refractivity contribution in [3.8, 4) is 0 Å². The number of rotatable bonds is 3. The number of hydrogen-bond donors (Lipinski definition) is 1. The molecule has 6 heteroatoms. The molecule has 0 saturated carbocycles. The van der Waals surface area contributed by atoms with Crippen LogP contribution in [0.25, 0.3) is 0 Å². The van der Waals surface area contributed by atoms with Gasteiger partial charge >= 0.3 is 5.97 Å². The van der Waals surface area contributed by atoms with Crippen molar-refractivity contribution < 1.29 is 14.7 Å². The van der Waals surface area contributed by atoms with Crippen LogP contribution >= 0.6 is 15.9 Å². The molecule has 0 fully saturated rings. The van der Waals surface area contributed by atoms with Crippen molar-refractivity contribution in [2.24, 2.45) is 0 Å². The Kier molecular flexibility index (Phi) is 3.05. The van der Waals surface area contributed by atoms with Gasteiger partial charge < -0.3 is 5.11 Å².